The van der Waals surface area contributed by atoms with Crippen molar-refractivity contribution in [3.63, 3.8) is 0 Å². The number of hydrogen-bond acceptors (Lipinski definition) is 3. The van der Waals surface area contributed by atoms with Crippen molar-refractivity contribution >= 4 is 11.6 Å². The first-order chi connectivity index (χ1) is 6.84. The van der Waals surface area contributed by atoms with Crippen LogP contribution in [0.15, 0.2) is 18.3 Å². The van der Waals surface area contributed by atoms with E-state index in [0.717, 1.165) is 25.2 Å². The molecule has 1 aromatic rings. The molecule has 1 atom stereocenters. The van der Waals surface area contributed by atoms with Gasteiger partial charge >= 0.3 is 0 Å². The molecule has 0 aromatic carbocycles. The van der Waals surface area contributed by atoms with Crippen LogP contribution in [-0.2, 0) is 4.74 Å². The molecule has 2 heterocycles. The zero-order valence-electron chi connectivity index (χ0n) is 7.78. The highest BCUT2D eigenvalue weighted by Gasteiger charge is 2.15. The van der Waals surface area contributed by atoms with Gasteiger partial charge in [0.1, 0.15) is 17.5 Å². The number of pyridine rings is 1. The molecule has 0 unspecified atom stereocenters. The Morgan fingerprint density at radius 2 is 2.50 bits per heavy atom. The Hall–Kier alpha value is -0.800. The highest BCUT2D eigenvalue weighted by molar-refractivity contribution is 6.29. The molecule has 1 aromatic heterocycles. The minimum Gasteiger partial charge on any atom is -0.489 e. The maximum Gasteiger partial charge on any atom is 0.137 e. The molecule has 1 aliphatic heterocycles. The van der Waals surface area contributed by atoms with Gasteiger partial charge in [-0.3, -0.25) is 0 Å². The van der Waals surface area contributed by atoms with Crippen molar-refractivity contribution in [2.75, 3.05) is 13.2 Å². The van der Waals surface area contributed by atoms with E-state index in [9.17, 15) is 0 Å². The number of ether oxygens (including phenoxy) is 2. The summed E-state index contributed by atoms with van der Waals surface area (Å²) in [6, 6.07) is 3.52. The van der Waals surface area contributed by atoms with Gasteiger partial charge in [-0.15, -0.1) is 0 Å². The average Bonchev–Trinajstić information content (AvgIpc) is 2.70. The highest BCUT2D eigenvalue weighted by atomic mass is 35.5. The van der Waals surface area contributed by atoms with Crippen molar-refractivity contribution in [3.05, 3.63) is 23.5 Å². The second kappa shape index (κ2) is 4.62. The lowest BCUT2D eigenvalue weighted by atomic mass is 10.2. The number of nitrogens with zero attached hydrogens (tertiary/aromatic N) is 1. The number of aromatic nitrogens is 1. The lowest BCUT2D eigenvalue weighted by Crippen LogP contribution is -2.16. The Bertz CT molecular complexity index is 283. The molecule has 0 radical (unpaired) electrons. The zero-order valence-corrected chi connectivity index (χ0v) is 8.54. The van der Waals surface area contributed by atoms with Gasteiger partial charge < -0.3 is 9.47 Å². The lowest BCUT2D eigenvalue weighted by molar-refractivity contribution is 0.0678. The van der Waals surface area contributed by atoms with E-state index in [1.54, 1.807) is 12.3 Å². The molecule has 0 spiro atoms. The van der Waals surface area contributed by atoms with Crippen molar-refractivity contribution < 1.29 is 9.47 Å². The normalized spacial score (nSPS) is 21.1. The first-order valence-corrected chi connectivity index (χ1v) is 5.08. The molecule has 0 N–H and O–H groups in total. The summed E-state index contributed by atoms with van der Waals surface area (Å²) in [5, 5.41) is 0.481. The SMILES string of the molecule is Clc1ccc(OC[C@H]2CCCO2)cn1. The Balaban J connectivity index is 1.82. The molecule has 1 aliphatic rings. The maximum absolute atomic E-state index is 5.65. The minimum absolute atomic E-state index is 0.241. The maximum atomic E-state index is 5.65. The Morgan fingerprint density at radius 3 is 3.14 bits per heavy atom. The van der Waals surface area contributed by atoms with Crippen LogP contribution in [0.4, 0.5) is 0 Å². The summed E-state index contributed by atoms with van der Waals surface area (Å²) < 4.78 is 10.9. The van der Waals surface area contributed by atoms with E-state index >= 15 is 0 Å². The van der Waals surface area contributed by atoms with Crippen molar-refractivity contribution in [2.24, 2.45) is 0 Å². The summed E-state index contributed by atoms with van der Waals surface area (Å²) in [6.45, 7) is 1.45. The molecule has 0 aliphatic carbocycles. The van der Waals surface area contributed by atoms with Crippen LogP contribution in [-0.4, -0.2) is 24.3 Å². The van der Waals surface area contributed by atoms with Gasteiger partial charge in [0.2, 0.25) is 0 Å². The van der Waals surface area contributed by atoms with Crippen LogP contribution >= 0.6 is 11.6 Å². The Kier molecular flexibility index (Phi) is 3.22. The third-order valence-corrected chi connectivity index (χ3v) is 2.38. The van der Waals surface area contributed by atoms with Crippen LogP contribution in [0.1, 0.15) is 12.8 Å². The summed E-state index contributed by atoms with van der Waals surface area (Å²) in [5.74, 6) is 0.741. The van der Waals surface area contributed by atoms with E-state index in [2.05, 4.69) is 4.98 Å². The van der Waals surface area contributed by atoms with Gasteiger partial charge in [-0.2, -0.15) is 0 Å². The van der Waals surface area contributed by atoms with Crippen molar-refractivity contribution in [2.45, 2.75) is 18.9 Å². The Morgan fingerprint density at radius 1 is 1.57 bits per heavy atom. The molecule has 1 fully saturated rings. The summed E-state index contributed by atoms with van der Waals surface area (Å²) in [7, 11) is 0. The third kappa shape index (κ3) is 2.59. The summed E-state index contributed by atoms with van der Waals surface area (Å²) in [6.07, 6.45) is 4.08. The molecular weight excluding hydrogens is 202 g/mol. The molecule has 1 saturated heterocycles. The second-order valence-electron chi connectivity index (χ2n) is 3.26. The quantitative estimate of drug-likeness (QED) is 0.722. The van der Waals surface area contributed by atoms with Crippen LogP contribution < -0.4 is 4.74 Å². The van der Waals surface area contributed by atoms with Crippen LogP contribution in [0, 0.1) is 0 Å². The topological polar surface area (TPSA) is 31.4 Å². The predicted octanol–water partition coefficient (Wildman–Crippen LogP) is 2.29. The molecule has 3 nitrogen and oxygen atoms in total. The minimum atomic E-state index is 0.241. The monoisotopic (exact) mass is 213 g/mol. The van der Waals surface area contributed by atoms with E-state index in [4.69, 9.17) is 21.1 Å². The molecule has 2 rings (SSSR count). The molecular formula is C10H12ClNO2. The second-order valence-corrected chi connectivity index (χ2v) is 3.65. The van der Waals surface area contributed by atoms with E-state index in [1.165, 1.54) is 0 Å². The van der Waals surface area contributed by atoms with Gasteiger partial charge in [-0.05, 0) is 25.0 Å². The standard InChI is InChI=1S/C10H12ClNO2/c11-10-4-3-8(6-12-10)14-7-9-2-1-5-13-9/h3-4,6,9H,1-2,5,7H2/t9-/m1/s1. The number of rotatable bonds is 3. The fourth-order valence-electron chi connectivity index (χ4n) is 1.41. The molecule has 0 amide bonds. The fourth-order valence-corrected chi connectivity index (χ4v) is 1.52. The molecule has 0 bridgehead atoms. The summed E-state index contributed by atoms with van der Waals surface area (Å²) in [5.41, 5.74) is 0. The zero-order chi connectivity index (χ0) is 9.80. The number of hydrogen-bond donors (Lipinski definition) is 0. The molecule has 0 saturated carbocycles. The third-order valence-electron chi connectivity index (χ3n) is 2.16. The van der Waals surface area contributed by atoms with Gasteiger partial charge in [0.25, 0.3) is 0 Å². The van der Waals surface area contributed by atoms with Crippen LogP contribution in [0.2, 0.25) is 5.15 Å². The smallest absolute Gasteiger partial charge is 0.137 e. The van der Waals surface area contributed by atoms with Crippen LogP contribution in [0.5, 0.6) is 5.75 Å². The average molecular weight is 214 g/mol. The highest BCUT2D eigenvalue weighted by Crippen LogP contribution is 2.16. The van der Waals surface area contributed by atoms with Crippen LogP contribution in [0.3, 0.4) is 0 Å². The van der Waals surface area contributed by atoms with Gasteiger partial charge in [-0.1, -0.05) is 11.6 Å². The van der Waals surface area contributed by atoms with E-state index < -0.39 is 0 Å². The molecule has 4 heteroatoms. The lowest BCUT2D eigenvalue weighted by Gasteiger charge is -2.10. The number of halogens is 1. The largest absolute Gasteiger partial charge is 0.489 e. The van der Waals surface area contributed by atoms with Gasteiger partial charge in [0, 0.05) is 6.61 Å². The molecule has 14 heavy (non-hydrogen) atoms. The first kappa shape index (κ1) is 9.74. The van der Waals surface area contributed by atoms with Gasteiger partial charge in [0.15, 0.2) is 0 Å². The fraction of sp³-hybridized carbons (Fsp3) is 0.500. The predicted molar refractivity (Wildman–Crippen MR) is 53.7 cm³/mol. The van der Waals surface area contributed by atoms with E-state index in [-0.39, 0.29) is 6.10 Å². The van der Waals surface area contributed by atoms with Crippen molar-refractivity contribution in [1.29, 1.82) is 0 Å². The van der Waals surface area contributed by atoms with Crippen molar-refractivity contribution in [1.82, 2.24) is 4.98 Å². The first-order valence-electron chi connectivity index (χ1n) is 4.70. The van der Waals surface area contributed by atoms with E-state index in [1.807, 2.05) is 6.07 Å². The van der Waals surface area contributed by atoms with Gasteiger partial charge in [-0.25, -0.2) is 4.98 Å². The van der Waals surface area contributed by atoms with Gasteiger partial charge in [0.05, 0.1) is 12.3 Å². The van der Waals surface area contributed by atoms with Crippen molar-refractivity contribution in [3.8, 4) is 5.75 Å². The summed E-state index contributed by atoms with van der Waals surface area (Å²) in [4.78, 5) is 3.92. The van der Waals surface area contributed by atoms with E-state index in [0.29, 0.717) is 11.8 Å². The Labute approximate surface area is 88.0 Å². The molecule has 76 valence electrons. The van der Waals surface area contributed by atoms with Crippen LogP contribution in [0.25, 0.3) is 0 Å². The summed E-state index contributed by atoms with van der Waals surface area (Å²) >= 11 is 5.65.